The van der Waals surface area contributed by atoms with Crippen molar-refractivity contribution in [2.45, 2.75) is 19.9 Å². The summed E-state index contributed by atoms with van der Waals surface area (Å²) in [5.74, 6) is -0.0168. The van der Waals surface area contributed by atoms with Gasteiger partial charge in [0.2, 0.25) is 0 Å². The third-order valence-electron chi connectivity index (χ3n) is 2.42. The fourth-order valence-corrected chi connectivity index (χ4v) is 2.25. The van der Waals surface area contributed by atoms with Crippen molar-refractivity contribution >= 4 is 17.2 Å². The molecule has 1 N–H and O–H groups in total. The summed E-state index contributed by atoms with van der Waals surface area (Å²) >= 11 is 1.67. The molecule has 0 spiro atoms. The second-order valence-corrected chi connectivity index (χ2v) is 5.00. The molecular formula is C14H15NOS. The van der Waals surface area contributed by atoms with Crippen LogP contribution in [0.25, 0.3) is 11.1 Å². The molecule has 0 fully saturated rings. The zero-order chi connectivity index (χ0) is 12.3. The summed E-state index contributed by atoms with van der Waals surface area (Å²) in [6.07, 6.45) is 0. The Bertz CT molecular complexity index is 485. The first-order valence-electron chi connectivity index (χ1n) is 5.60. The van der Waals surface area contributed by atoms with Gasteiger partial charge in [-0.3, -0.25) is 4.79 Å². The molecule has 0 atom stereocenters. The highest BCUT2D eigenvalue weighted by atomic mass is 32.1. The number of hydrogen-bond acceptors (Lipinski definition) is 2. The van der Waals surface area contributed by atoms with Crippen LogP contribution in [0.15, 0.2) is 41.1 Å². The fraction of sp³-hybridized carbons (Fsp3) is 0.214. The van der Waals surface area contributed by atoms with Crippen LogP contribution in [0.1, 0.15) is 24.2 Å². The third-order valence-corrected chi connectivity index (χ3v) is 3.10. The summed E-state index contributed by atoms with van der Waals surface area (Å²) in [5, 5.41) is 7.03. The zero-order valence-electron chi connectivity index (χ0n) is 9.94. The van der Waals surface area contributed by atoms with E-state index in [-0.39, 0.29) is 11.9 Å². The van der Waals surface area contributed by atoms with Crippen molar-refractivity contribution in [3.63, 3.8) is 0 Å². The molecular weight excluding hydrogens is 230 g/mol. The second kappa shape index (κ2) is 5.15. The molecule has 0 bridgehead atoms. The van der Waals surface area contributed by atoms with Crippen LogP contribution in [0.3, 0.4) is 0 Å². The number of benzene rings is 1. The van der Waals surface area contributed by atoms with E-state index < -0.39 is 0 Å². The Morgan fingerprint density at radius 2 is 1.82 bits per heavy atom. The van der Waals surface area contributed by atoms with Crippen molar-refractivity contribution in [2.75, 3.05) is 0 Å². The van der Waals surface area contributed by atoms with Gasteiger partial charge in [-0.25, -0.2) is 0 Å². The van der Waals surface area contributed by atoms with E-state index in [4.69, 9.17) is 0 Å². The van der Waals surface area contributed by atoms with E-state index in [0.29, 0.717) is 5.56 Å². The van der Waals surface area contributed by atoms with Gasteiger partial charge in [-0.1, -0.05) is 12.1 Å². The predicted octanol–water partition coefficient (Wildman–Crippen LogP) is 3.55. The smallest absolute Gasteiger partial charge is 0.251 e. The Hall–Kier alpha value is -1.61. The van der Waals surface area contributed by atoms with Crippen molar-refractivity contribution < 1.29 is 4.79 Å². The van der Waals surface area contributed by atoms with Crippen LogP contribution >= 0.6 is 11.3 Å². The number of carbonyl (C=O) groups is 1. The third kappa shape index (κ3) is 2.94. The van der Waals surface area contributed by atoms with Crippen molar-refractivity contribution in [3.8, 4) is 11.1 Å². The van der Waals surface area contributed by atoms with Gasteiger partial charge in [0, 0.05) is 11.6 Å². The van der Waals surface area contributed by atoms with Crippen LogP contribution in [0.2, 0.25) is 0 Å². The Morgan fingerprint density at radius 1 is 1.12 bits per heavy atom. The second-order valence-electron chi connectivity index (χ2n) is 4.22. The lowest BCUT2D eigenvalue weighted by Gasteiger charge is -2.08. The van der Waals surface area contributed by atoms with Crippen molar-refractivity contribution in [2.24, 2.45) is 0 Å². The minimum Gasteiger partial charge on any atom is -0.350 e. The van der Waals surface area contributed by atoms with E-state index >= 15 is 0 Å². The minimum atomic E-state index is -0.0168. The van der Waals surface area contributed by atoms with Crippen LogP contribution in [0.4, 0.5) is 0 Å². The Morgan fingerprint density at radius 3 is 2.35 bits per heavy atom. The van der Waals surface area contributed by atoms with Gasteiger partial charge in [0.1, 0.15) is 0 Å². The molecule has 1 heterocycles. The summed E-state index contributed by atoms with van der Waals surface area (Å²) < 4.78 is 0. The fourth-order valence-electron chi connectivity index (χ4n) is 1.59. The standard InChI is InChI=1S/C14H15NOS/c1-10(2)15-14(16)12-5-3-11(4-6-12)13-7-8-17-9-13/h3-10H,1-2H3,(H,15,16). The lowest BCUT2D eigenvalue weighted by Crippen LogP contribution is -2.29. The Kier molecular flexibility index (Phi) is 3.59. The normalized spacial score (nSPS) is 10.5. The summed E-state index contributed by atoms with van der Waals surface area (Å²) in [6.45, 7) is 3.91. The first-order chi connectivity index (χ1) is 8.16. The number of hydrogen-bond donors (Lipinski definition) is 1. The van der Waals surface area contributed by atoms with Crippen LogP contribution in [0, 0.1) is 0 Å². The molecule has 17 heavy (non-hydrogen) atoms. The van der Waals surface area contributed by atoms with E-state index in [1.54, 1.807) is 11.3 Å². The van der Waals surface area contributed by atoms with Gasteiger partial charge in [-0.2, -0.15) is 11.3 Å². The molecule has 2 aromatic rings. The lowest BCUT2D eigenvalue weighted by molar-refractivity contribution is 0.0943. The molecule has 88 valence electrons. The predicted molar refractivity (Wildman–Crippen MR) is 72.4 cm³/mol. The summed E-state index contributed by atoms with van der Waals surface area (Å²) in [6, 6.07) is 9.94. The van der Waals surface area contributed by atoms with E-state index in [1.807, 2.05) is 38.1 Å². The molecule has 1 amide bonds. The van der Waals surface area contributed by atoms with Crippen LogP contribution in [-0.4, -0.2) is 11.9 Å². The van der Waals surface area contributed by atoms with E-state index in [2.05, 4.69) is 22.1 Å². The molecule has 0 aliphatic heterocycles. The summed E-state index contributed by atoms with van der Waals surface area (Å²) in [5.41, 5.74) is 3.05. The first-order valence-corrected chi connectivity index (χ1v) is 6.54. The maximum absolute atomic E-state index is 11.7. The number of rotatable bonds is 3. The molecule has 3 heteroatoms. The van der Waals surface area contributed by atoms with Gasteiger partial charge in [0.15, 0.2) is 0 Å². The Labute approximate surface area is 105 Å². The minimum absolute atomic E-state index is 0.0168. The van der Waals surface area contributed by atoms with Gasteiger partial charge in [0.25, 0.3) is 5.91 Å². The first kappa shape index (κ1) is 11.9. The number of nitrogens with one attached hydrogen (secondary N) is 1. The molecule has 0 aliphatic rings. The lowest BCUT2D eigenvalue weighted by atomic mass is 10.1. The highest BCUT2D eigenvalue weighted by molar-refractivity contribution is 7.08. The van der Waals surface area contributed by atoms with Gasteiger partial charge >= 0.3 is 0 Å². The van der Waals surface area contributed by atoms with Gasteiger partial charge in [-0.15, -0.1) is 0 Å². The molecule has 0 saturated heterocycles. The molecule has 0 aliphatic carbocycles. The zero-order valence-corrected chi connectivity index (χ0v) is 10.8. The quantitative estimate of drug-likeness (QED) is 0.880. The van der Waals surface area contributed by atoms with E-state index in [0.717, 1.165) is 5.56 Å². The van der Waals surface area contributed by atoms with Crippen LogP contribution < -0.4 is 5.32 Å². The number of amides is 1. The topological polar surface area (TPSA) is 29.1 Å². The molecule has 0 radical (unpaired) electrons. The monoisotopic (exact) mass is 245 g/mol. The molecule has 2 nitrogen and oxygen atoms in total. The average molecular weight is 245 g/mol. The van der Waals surface area contributed by atoms with Crippen LogP contribution in [0.5, 0.6) is 0 Å². The van der Waals surface area contributed by atoms with E-state index in [9.17, 15) is 4.79 Å². The Balaban J connectivity index is 2.16. The summed E-state index contributed by atoms with van der Waals surface area (Å²) in [7, 11) is 0. The van der Waals surface area contributed by atoms with Crippen molar-refractivity contribution in [1.29, 1.82) is 0 Å². The largest absolute Gasteiger partial charge is 0.350 e. The van der Waals surface area contributed by atoms with Gasteiger partial charge in [-0.05, 0) is 53.9 Å². The van der Waals surface area contributed by atoms with Gasteiger partial charge < -0.3 is 5.32 Å². The van der Waals surface area contributed by atoms with Crippen LogP contribution in [-0.2, 0) is 0 Å². The SMILES string of the molecule is CC(C)NC(=O)c1ccc(-c2ccsc2)cc1. The summed E-state index contributed by atoms with van der Waals surface area (Å²) in [4.78, 5) is 11.7. The van der Waals surface area contributed by atoms with Crippen molar-refractivity contribution in [3.05, 3.63) is 46.7 Å². The van der Waals surface area contributed by atoms with Crippen molar-refractivity contribution in [1.82, 2.24) is 5.32 Å². The number of thiophene rings is 1. The maximum Gasteiger partial charge on any atom is 0.251 e. The number of carbonyl (C=O) groups excluding carboxylic acids is 1. The molecule has 1 aromatic heterocycles. The molecule has 1 aromatic carbocycles. The van der Waals surface area contributed by atoms with Gasteiger partial charge in [0.05, 0.1) is 0 Å². The van der Waals surface area contributed by atoms with E-state index in [1.165, 1.54) is 5.56 Å². The highest BCUT2D eigenvalue weighted by Crippen LogP contribution is 2.22. The molecule has 0 unspecified atom stereocenters. The highest BCUT2D eigenvalue weighted by Gasteiger charge is 2.06. The maximum atomic E-state index is 11.7. The molecule has 2 rings (SSSR count). The average Bonchev–Trinajstić information content (AvgIpc) is 2.82. The molecule has 0 saturated carbocycles.